The third kappa shape index (κ3) is 2.84. The standard InChI is InChI=1S/C18H14BrClO/c1-11-6-7-17(16-5-3-2-4-15(11)16)18(21)12-8-13(19)10-14(20)9-12/h2-10,18,21H,1H3. The minimum Gasteiger partial charge on any atom is -0.384 e. The fraction of sp³-hybridized carbons (Fsp3) is 0.111. The minimum absolute atomic E-state index is 0.606. The van der Waals surface area contributed by atoms with Crippen molar-refractivity contribution in [1.29, 1.82) is 0 Å². The second-order valence-electron chi connectivity index (χ2n) is 5.12. The van der Waals surface area contributed by atoms with Crippen molar-refractivity contribution in [1.82, 2.24) is 0 Å². The van der Waals surface area contributed by atoms with E-state index in [0.29, 0.717) is 5.02 Å². The van der Waals surface area contributed by atoms with Crippen LogP contribution in [-0.4, -0.2) is 5.11 Å². The lowest BCUT2D eigenvalue weighted by Crippen LogP contribution is -2.01. The molecule has 0 saturated carbocycles. The maximum Gasteiger partial charge on any atom is 0.105 e. The topological polar surface area (TPSA) is 20.2 Å². The van der Waals surface area contributed by atoms with Gasteiger partial charge in [0.05, 0.1) is 0 Å². The monoisotopic (exact) mass is 360 g/mol. The zero-order chi connectivity index (χ0) is 15.0. The fourth-order valence-electron chi connectivity index (χ4n) is 2.62. The number of rotatable bonds is 2. The molecule has 0 radical (unpaired) electrons. The normalized spacial score (nSPS) is 12.6. The molecule has 0 fully saturated rings. The first-order chi connectivity index (χ1) is 10.1. The number of halogens is 2. The number of hydrogen-bond acceptors (Lipinski definition) is 1. The van der Waals surface area contributed by atoms with E-state index >= 15 is 0 Å². The van der Waals surface area contributed by atoms with Gasteiger partial charge < -0.3 is 5.11 Å². The van der Waals surface area contributed by atoms with Gasteiger partial charge in [-0.2, -0.15) is 0 Å². The molecule has 1 unspecified atom stereocenters. The van der Waals surface area contributed by atoms with Gasteiger partial charge in [-0.15, -0.1) is 0 Å². The van der Waals surface area contributed by atoms with Crippen LogP contribution in [0, 0.1) is 6.92 Å². The summed E-state index contributed by atoms with van der Waals surface area (Å²) in [5.74, 6) is 0. The molecule has 0 aromatic heterocycles. The van der Waals surface area contributed by atoms with E-state index in [0.717, 1.165) is 26.4 Å². The van der Waals surface area contributed by atoms with Crippen LogP contribution in [0.3, 0.4) is 0 Å². The van der Waals surface area contributed by atoms with Gasteiger partial charge in [0.25, 0.3) is 0 Å². The molecular formula is C18H14BrClO. The van der Waals surface area contributed by atoms with Gasteiger partial charge in [-0.25, -0.2) is 0 Å². The quantitative estimate of drug-likeness (QED) is 0.625. The van der Waals surface area contributed by atoms with E-state index < -0.39 is 6.10 Å². The minimum atomic E-state index is -0.703. The Hall–Kier alpha value is -1.35. The van der Waals surface area contributed by atoms with Crippen molar-refractivity contribution in [3.8, 4) is 0 Å². The predicted molar refractivity (Wildman–Crippen MR) is 91.9 cm³/mol. The molecule has 0 bridgehead atoms. The summed E-state index contributed by atoms with van der Waals surface area (Å²) in [6.07, 6.45) is -0.703. The second-order valence-corrected chi connectivity index (χ2v) is 6.47. The highest BCUT2D eigenvalue weighted by Gasteiger charge is 2.15. The van der Waals surface area contributed by atoms with E-state index in [9.17, 15) is 5.11 Å². The molecule has 0 saturated heterocycles. The summed E-state index contributed by atoms with van der Waals surface area (Å²) in [5.41, 5.74) is 2.88. The maximum absolute atomic E-state index is 10.8. The first kappa shape index (κ1) is 14.6. The highest BCUT2D eigenvalue weighted by molar-refractivity contribution is 9.10. The fourth-order valence-corrected chi connectivity index (χ4v) is 3.51. The van der Waals surface area contributed by atoms with Crippen molar-refractivity contribution in [2.45, 2.75) is 13.0 Å². The smallest absolute Gasteiger partial charge is 0.105 e. The van der Waals surface area contributed by atoms with Crippen LogP contribution in [0.2, 0.25) is 5.02 Å². The van der Waals surface area contributed by atoms with Gasteiger partial charge in [0.2, 0.25) is 0 Å². The number of aryl methyl sites for hydroxylation is 1. The van der Waals surface area contributed by atoms with E-state index in [2.05, 4.69) is 28.9 Å². The summed E-state index contributed by atoms with van der Waals surface area (Å²) in [6, 6.07) is 17.7. The predicted octanol–water partition coefficient (Wildman–Crippen LogP) is 5.65. The van der Waals surface area contributed by atoms with Crippen LogP contribution >= 0.6 is 27.5 Å². The van der Waals surface area contributed by atoms with E-state index in [1.165, 1.54) is 5.56 Å². The third-order valence-electron chi connectivity index (χ3n) is 3.67. The van der Waals surface area contributed by atoms with E-state index in [-0.39, 0.29) is 0 Å². The van der Waals surface area contributed by atoms with Crippen LogP contribution in [0.4, 0.5) is 0 Å². The third-order valence-corrected chi connectivity index (χ3v) is 4.35. The van der Waals surface area contributed by atoms with Crippen molar-refractivity contribution in [2.24, 2.45) is 0 Å². The van der Waals surface area contributed by atoms with Crippen LogP contribution < -0.4 is 0 Å². The zero-order valence-corrected chi connectivity index (χ0v) is 13.8. The lowest BCUT2D eigenvalue weighted by atomic mass is 9.94. The van der Waals surface area contributed by atoms with Gasteiger partial charge in [0.15, 0.2) is 0 Å². The Morgan fingerprint density at radius 1 is 1.00 bits per heavy atom. The van der Waals surface area contributed by atoms with Crippen LogP contribution in [0.5, 0.6) is 0 Å². The highest BCUT2D eigenvalue weighted by Crippen LogP contribution is 2.33. The molecule has 0 aliphatic carbocycles. The number of benzene rings is 3. The molecular weight excluding hydrogens is 348 g/mol. The maximum atomic E-state index is 10.8. The number of aliphatic hydroxyl groups is 1. The SMILES string of the molecule is Cc1ccc(C(O)c2cc(Cl)cc(Br)c2)c2ccccc12. The highest BCUT2D eigenvalue weighted by atomic mass is 79.9. The largest absolute Gasteiger partial charge is 0.384 e. The summed E-state index contributed by atoms with van der Waals surface area (Å²) in [6.45, 7) is 2.08. The van der Waals surface area contributed by atoms with Gasteiger partial charge in [-0.3, -0.25) is 0 Å². The van der Waals surface area contributed by atoms with Gasteiger partial charge >= 0.3 is 0 Å². The molecule has 3 aromatic carbocycles. The summed E-state index contributed by atoms with van der Waals surface area (Å²) in [5, 5.41) is 13.6. The Morgan fingerprint density at radius 2 is 1.71 bits per heavy atom. The van der Waals surface area contributed by atoms with E-state index in [1.807, 2.05) is 42.5 Å². The van der Waals surface area contributed by atoms with E-state index in [1.54, 1.807) is 6.07 Å². The lowest BCUT2D eigenvalue weighted by molar-refractivity contribution is 0.222. The molecule has 1 N–H and O–H groups in total. The Kier molecular flexibility index (Phi) is 4.03. The molecule has 0 amide bonds. The van der Waals surface area contributed by atoms with Crippen LogP contribution in [-0.2, 0) is 0 Å². The summed E-state index contributed by atoms with van der Waals surface area (Å²) in [4.78, 5) is 0. The molecule has 3 heteroatoms. The average molecular weight is 362 g/mol. The first-order valence-electron chi connectivity index (χ1n) is 6.68. The van der Waals surface area contributed by atoms with Crippen molar-refractivity contribution < 1.29 is 5.11 Å². The van der Waals surface area contributed by atoms with Gasteiger partial charge in [-0.1, -0.05) is 63.9 Å². The van der Waals surface area contributed by atoms with Crippen LogP contribution in [0.25, 0.3) is 10.8 Å². The number of fused-ring (bicyclic) bond motifs is 1. The molecule has 0 aliphatic rings. The van der Waals surface area contributed by atoms with Crippen molar-refractivity contribution in [3.63, 3.8) is 0 Å². The summed E-state index contributed by atoms with van der Waals surface area (Å²) < 4.78 is 0.862. The van der Waals surface area contributed by atoms with Crippen molar-refractivity contribution >= 4 is 38.3 Å². The molecule has 1 nitrogen and oxygen atoms in total. The van der Waals surface area contributed by atoms with Crippen molar-refractivity contribution in [3.05, 3.63) is 80.8 Å². The number of aliphatic hydroxyl groups excluding tert-OH is 1. The average Bonchev–Trinajstić information content (AvgIpc) is 2.46. The molecule has 0 spiro atoms. The Morgan fingerprint density at radius 3 is 2.43 bits per heavy atom. The molecule has 106 valence electrons. The second kappa shape index (κ2) is 5.80. The molecule has 21 heavy (non-hydrogen) atoms. The zero-order valence-electron chi connectivity index (χ0n) is 11.5. The van der Waals surface area contributed by atoms with Gasteiger partial charge in [-0.05, 0) is 52.6 Å². The molecule has 0 aliphatic heterocycles. The summed E-state index contributed by atoms with van der Waals surface area (Å²) in [7, 11) is 0. The Labute approximate surface area is 137 Å². The van der Waals surface area contributed by atoms with Crippen LogP contribution in [0.15, 0.2) is 59.1 Å². The summed E-state index contributed by atoms with van der Waals surface area (Å²) >= 11 is 9.50. The van der Waals surface area contributed by atoms with Gasteiger partial charge in [0, 0.05) is 9.50 Å². The first-order valence-corrected chi connectivity index (χ1v) is 7.85. The Balaban J connectivity index is 2.18. The number of hydrogen-bond donors (Lipinski definition) is 1. The molecule has 3 aromatic rings. The van der Waals surface area contributed by atoms with Crippen LogP contribution in [0.1, 0.15) is 22.8 Å². The molecule has 3 rings (SSSR count). The Bertz CT molecular complexity index is 793. The van der Waals surface area contributed by atoms with Crippen molar-refractivity contribution in [2.75, 3.05) is 0 Å². The van der Waals surface area contributed by atoms with Gasteiger partial charge in [0.1, 0.15) is 6.10 Å². The molecule has 1 atom stereocenters. The lowest BCUT2D eigenvalue weighted by Gasteiger charge is -2.16. The molecule has 0 heterocycles. The van der Waals surface area contributed by atoms with E-state index in [4.69, 9.17) is 11.6 Å².